The summed E-state index contributed by atoms with van der Waals surface area (Å²) < 4.78 is 24.6. The highest BCUT2D eigenvalue weighted by Crippen LogP contribution is 2.20. The lowest BCUT2D eigenvalue weighted by molar-refractivity contribution is -0.126. The van der Waals surface area contributed by atoms with Crippen LogP contribution < -0.4 is 5.32 Å². The molecular formula is C17H33N3O3S. The summed E-state index contributed by atoms with van der Waals surface area (Å²) >= 11 is 0. The maximum atomic E-state index is 12.5. The summed E-state index contributed by atoms with van der Waals surface area (Å²) in [5, 5.41) is 3.14. The van der Waals surface area contributed by atoms with Crippen molar-refractivity contribution in [3.05, 3.63) is 0 Å². The monoisotopic (exact) mass is 359 g/mol. The lowest BCUT2D eigenvalue weighted by Gasteiger charge is -2.32. The Hall–Kier alpha value is -0.660. The van der Waals surface area contributed by atoms with Gasteiger partial charge in [-0.1, -0.05) is 13.8 Å². The molecule has 0 aromatic heterocycles. The molecule has 1 amide bonds. The minimum Gasteiger partial charge on any atom is -0.354 e. The number of rotatable bonds is 7. The van der Waals surface area contributed by atoms with E-state index in [1.165, 1.54) is 23.4 Å². The van der Waals surface area contributed by atoms with Crippen molar-refractivity contribution in [1.82, 2.24) is 14.5 Å². The van der Waals surface area contributed by atoms with E-state index in [-0.39, 0.29) is 11.8 Å². The van der Waals surface area contributed by atoms with Gasteiger partial charge in [0.25, 0.3) is 0 Å². The van der Waals surface area contributed by atoms with E-state index < -0.39 is 10.0 Å². The number of carbonyl (C=O) groups is 1. The minimum absolute atomic E-state index is 0.0544. The van der Waals surface area contributed by atoms with Crippen molar-refractivity contribution in [2.75, 3.05) is 39.0 Å². The molecule has 0 aromatic rings. The zero-order valence-corrected chi connectivity index (χ0v) is 16.1. The molecule has 140 valence electrons. The molecule has 2 aliphatic rings. The predicted molar refractivity (Wildman–Crippen MR) is 96.2 cm³/mol. The molecule has 0 saturated carbocycles. The highest BCUT2D eigenvalue weighted by molar-refractivity contribution is 7.88. The average Bonchev–Trinajstić information content (AvgIpc) is 3.04. The standard InChI is InChI=1S/C17H33N3O3S/c1-14(2)12-16(19-8-4-5-9-19)13-18-17(21)15-6-10-20(11-7-15)24(3,22)23/h14-16H,4-13H2,1-3H3,(H,18,21). The van der Waals surface area contributed by atoms with E-state index in [9.17, 15) is 13.2 Å². The Morgan fingerprint density at radius 1 is 1.12 bits per heavy atom. The third kappa shape index (κ3) is 5.70. The molecule has 1 N–H and O–H groups in total. The van der Waals surface area contributed by atoms with Gasteiger partial charge in [0, 0.05) is 31.6 Å². The molecule has 2 rings (SSSR count). The first-order valence-corrected chi connectivity index (χ1v) is 11.1. The van der Waals surface area contributed by atoms with Gasteiger partial charge in [-0.3, -0.25) is 9.69 Å². The fourth-order valence-electron chi connectivity index (χ4n) is 3.82. The molecule has 2 aliphatic heterocycles. The van der Waals surface area contributed by atoms with Crippen LogP contribution in [0.2, 0.25) is 0 Å². The normalized spacial score (nSPS) is 22.8. The number of nitrogens with zero attached hydrogens (tertiary/aromatic N) is 2. The zero-order chi connectivity index (χ0) is 17.7. The molecule has 7 heteroatoms. The lowest BCUT2D eigenvalue weighted by Crippen LogP contribution is -2.47. The Labute approximate surface area is 147 Å². The highest BCUT2D eigenvalue weighted by Gasteiger charge is 2.30. The van der Waals surface area contributed by atoms with E-state index >= 15 is 0 Å². The van der Waals surface area contributed by atoms with Gasteiger partial charge >= 0.3 is 0 Å². The first-order chi connectivity index (χ1) is 11.3. The Morgan fingerprint density at radius 2 is 1.71 bits per heavy atom. The summed E-state index contributed by atoms with van der Waals surface area (Å²) in [4.78, 5) is 15.0. The van der Waals surface area contributed by atoms with E-state index in [0.717, 1.165) is 19.5 Å². The molecule has 0 radical (unpaired) electrons. The van der Waals surface area contributed by atoms with Gasteiger partial charge in [-0.25, -0.2) is 12.7 Å². The summed E-state index contributed by atoms with van der Waals surface area (Å²) in [6, 6.07) is 0.424. The molecule has 24 heavy (non-hydrogen) atoms. The van der Waals surface area contributed by atoms with Crippen LogP contribution in [0.25, 0.3) is 0 Å². The summed E-state index contributed by atoms with van der Waals surface area (Å²) in [6.45, 7) is 8.36. The Balaban J connectivity index is 1.80. The van der Waals surface area contributed by atoms with Crippen molar-refractivity contribution in [2.45, 2.75) is 52.0 Å². The second-order valence-electron chi connectivity index (χ2n) is 7.71. The number of hydrogen-bond donors (Lipinski definition) is 1. The number of nitrogens with one attached hydrogen (secondary N) is 1. The molecule has 0 spiro atoms. The summed E-state index contributed by atoms with van der Waals surface area (Å²) in [7, 11) is -3.13. The second kappa shape index (κ2) is 8.63. The fraction of sp³-hybridized carbons (Fsp3) is 0.941. The first kappa shape index (κ1) is 19.7. The molecule has 6 nitrogen and oxygen atoms in total. The van der Waals surface area contributed by atoms with Crippen LogP contribution in [-0.4, -0.2) is 68.6 Å². The molecule has 1 unspecified atom stereocenters. The van der Waals surface area contributed by atoms with Crippen LogP contribution in [-0.2, 0) is 14.8 Å². The largest absolute Gasteiger partial charge is 0.354 e. The second-order valence-corrected chi connectivity index (χ2v) is 9.69. The van der Waals surface area contributed by atoms with Gasteiger partial charge in [0.05, 0.1) is 6.26 Å². The van der Waals surface area contributed by atoms with Gasteiger partial charge in [0.15, 0.2) is 0 Å². The smallest absolute Gasteiger partial charge is 0.223 e. The van der Waals surface area contributed by atoms with E-state index in [0.29, 0.717) is 44.4 Å². The van der Waals surface area contributed by atoms with Crippen LogP contribution in [0.15, 0.2) is 0 Å². The van der Waals surface area contributed by atoms with Crippen molar-refractivity contribution in [1.29, 1.82) is 0 Å². The fourth-order valence-corrected chi connectivity index (χ4v) is 4.70. The summed E-state index contributed by atoms with van der Waals surface area (Å²) in [6.07, 6.45) is 6.10. The van der Waals surface area contributed by atoms with Crippen LogP contribution in [0.3, 0.4) is 0 Å². The van der Waals surface area contributed by atoms with Gasteiger partial charge in [0.1, 0.15) is 0 Å². The molecule has 1 atom stereocenters. The quantitative estimate of drug-likeness (QED) is 0.743. The molecular weight excluding hydrogens is 326 g/mol. The topological polar surface area (TPSA) is 69.7 Å². The number of likely N-dealkylation sites (tertiary alicyclic amines) is 1. The first-order valence-electron chi connectivity index (χ1n) is 9.24. The van der Waals surface area contributed by atoms with Gasteiger partial charge in [-0.2, -0.15) is 0 Å². The van der Waals surface area contributed by atoms with E-state index in [1.54, 1.807) is 0 Å². The van der Waals surface area contributed by atoms with E-state index in [1.807, 2.05) is 0 Å². The SMILES string of the molecule is CC(C)CC(CNC(=O)C1CCN(S(C)(=O)=O)CC1)N1CCCC1. The van der Waals surface area contributed by atoms with Crippen LogP contribution in [0.4, 0.5) is 0 Å². The van der Waals surface area contributed by atoms with E-state index in [4.69, 9.17) is 0 Å². The van der Waals surface area contributed by atoms with Crippen molar-refractivity contribution in [3.63, 3.8) is 0 Å². The maximum Gasteiger partial charge on any atom is 0.223 e. The molecule has 2 fully saturated rings. The van der Waals surface area contributed by atoms with E-state index in [2.05, 4.69) is 24.1 Å². The third-order valence-corrected chi connectivity index (χ3v) is 6.51. The van der Waals surface area contributed by atoms with Gasteiger partial charge in [-0.05, 0) is 51.1 Å². The molecule has 0 aromatic carbocycles. The number of hydrogen-bond acceptors (Lipinski definition) is 4. The highest BCUT2D eigenvalue weighted by atomic mass is 32.2. The van der Waals surface area contributed by atoms with Gasteiger partial charge < -0.3 is 5.32 Å². The van der Waals surface area contributed by atoms with Crippen LogP contribution in [0, 0.1) is 11.8 Å². The number of carbonyl (C=O) groups excluding carboxylic acids is 1. The zero-order valence-electron chi connectivity index (χ0n) is 15.3. The minimum atomic E-state index is -3.13. The Kier molecular flexibility index (Phi) is 7.07. The van der Waals surface area contributed by atoms with Gasteiger partial charge in [-0.15, -0.1) is 0 Å². The number of amides is 1. The van der Waals surface area contributed by atoms with Crippen molar-refractivity contribution < 1.29 is 13.2 Å². The third-order valence-electron chi connectivity index (χ3n) is 5.21. The summed E-state index contributed by atoms with van der Waals surface area (Å²) in [5.41, 5.74) is 0. The molecule has 2 saturated heterocycles. The maximum absolute atomic E-state index is 12.5. The Bertz CT molecular complexity index is 507. The number of piperidine rings is 1. The van der Waals surface area contributed by atoms with Crippen molar-refractivity contribution in [2.24, 2.45) is 11.8 Å². The molecule has 2 heterocycles. The van der Waals surface area contributed by atoms with Crippen LogP contribution >= 0.6 is 0 Å². The molecule has 0 aliphatic carbocycles. The average molecular weight is 360 g/mol. The van der Waals surface area contributed by atoms with Crippen molar-refractivity contribution >= 4 is 15.9 Å². The Morgan fingerprint density at radius 3 is 2.21 bits per heavy atom. The number of sulfonamides is 1. The predicted octanol–water partition coefficient (Wildman–Crippen LogP) is 1.28. The molecule has 0 bridgehead atoms. The summed E-state index contributed by atoms with van der Waals surface area (Å²) in [5.74, 6) is 0.655. The van der Waals surface area contributed by atoms with Crippen molar-refractivity contribution in [3.8, 4) is 0 Å². The lowest BCUT2D eigenvalue weighted by atomic mass is 9.96. The van der Waals surface area contributed by atoms with Crippen LogP contribution in [0.5, 0.6) is 0 Å². The van der Waals surface area contributed by atoms with Crippen LogP contribution in [0.1, 0.15) is 46.0 Å². The van der Waals surface area contributed by atoms with Gasteiger partial charge in [0.2, 0.25) is 15.9 Å².